The number of rotatable bonds is 6. The summed E-state index contributed by atoms with van der Waals surface area (Å²) in [4.78, 5) is 13.1. The minimum atomic E-state index is 0.191. The van der Waals surface area contributed by atoms with Crippen LogP contribution in [0.2, 0.25) is 0 Å². The highest BCUT2D eigenvalue weighted by atomic mass is 15.3. The number of anilines is 1. The molecule has 6 heteroatoms. The van der Waals surface area contributed by atoms with Gasteiger partial charge in [-0.3, -0.25) is 4.98 Å². The molecule has 0 spiro atoms. The summed E-state index contributed by atoms with van der Waals surface area (Å²) in [6.07, 6.45) is 10.1. The molecule has 3 heterocycles. The molecule has 0 aliphatic heterocycles. The van der Waals surface area contributed by atoms with Crippen molar-refractivity contribution in [2.75, 3.05) is 5.32 Å². The largest absolute Gasteiger partial charge is 0.351 e. The molecule has 27 heavy (non-hydrogen) atoms. The molecular formula is C21H20N6. The molecule has 3 aromatic heterocycles. The van der Waals surface area contributed by atoms with E-state index in [1.807, 2.05) is 65.7 Å². The average Bonchev–Trinajstić information content (AvgIpc) is 3.20. The zero-order valence-corrected chi connectivity index (χ0v) is 15.0. The molecule has 0 radical (unpaired) electrons. The van der Waals surface area contributed by atoms with Gasteiger partial charge in [0.2, 0.25) is 5.95 Å². The van der Waals surface area contributed by atoms with E-state index in [4.69, 9.17) is 0 Å². The molecule has 1 aromatic carbocycles. The molecule has 0 saturated heterocycles. The van der Waals surface area contributed by atoms with E-state index in [1.54, 1.807) is 12.4 Å². The van der Waals surface area contributed by atoms with Gasteiger partial charge in [0.1, 0.15) is 0 Å². The molecule has 0 unspecified atom stereocenters. The van der Waals surface area contributed by atoms with Crippen LogP contribution in [0.3, 0.4) is 0 Å². The van der Waals surface area contributed by atoms with Crippen LogP contribution in [0.25, 0.3) is 16.9 Å². The number of para-hydroxylation sites is 1. The molecule has 4 aromatic rings. The molecule has 0 saturated carbocycles. The Morgan fingerprint density at radius 3 is 2.70 bits per heavy atom. The normalized spacial score (nSPS) is 11.9. The zero-order valence-electron chi connectivity index (χ0n) is 15.0. The lowest BCUT2D eigenvalue weighted by molar-refractivity contribution is 0.774. The highest BCUT2D eigenvalue weighted by Crippen LogP contribution is 2.19. The van der Waals surface area contributed by atoms with Gasteiger partial charge in [-0.15, -0.1) is 0 Å². The van der Waals surface area contributed by atoms with Gasteiger partial charge < -0.3 is 5.32 Å². The third kappa shape index (κ3) is 4.17. The van der Waals surface area contributed by atoms with Gasteiger partial charge in [-0.1, -0.05) is 24.3 Å². The van der Waals surface area contributed by atoms with Crippen LogP contribution >= 0.6 is 0 Å². The smallest absolute Gasteiger partial charge is 0.223 e. The van der Waals surface area contributed by atoms with Crippen molar-refractivity contribution in [3.8, 4) is 16.9 Å². The van der Waals surface area contributed by atoms with E-state index >= 15 is 0 Å². The van der Waals surface area contributed by atoms with E-state index in [2.05, 4.69) is 38.4 Å². The first kappa shape index (κ1) is 16.9. The molecule has 6 nitrogen and oxygen atoms in total. The Morgan fingerprint density at radius 1 is 1.00 bits per heavy atom. The summed E-state index contributed by atoms with van der Waals surface area (Å²) >= 11 is 0. The topological polar surface area (TPSA) is 68.5 Å². The molecule has 0 aliphatic rings. The molecule has 4 rings (SSSR count). The number of benzene rings is 1. The van der Waals surface area contributed by atoms with Gasteiger partial charge in [0.05, 0.1) is 17.6 Å². The van der Waals surface area contributed by atoms with Crippen LogP contribution in [0.15, 0.2) is 79.5 Å². The maximum absolute atomic E-state index is 4.64. The van der Waals surface area contributed by atoms with Crippen molar-refractivity contribution in [2.45, 2.75) is 19.4 Å². The van der Waals surface area contributed by atoms with Gasteiger partial charge in [0.15, 0.2) is 0 Å². The number of hydrogen-bond acceptors (Lipinski definition) is 5. The summed E-state index contributed by atoms with van der Waals surface area (Å²) in [7, 11) is 0. The van der Waals surface area contributed by atoms with Gasteiger partial charge in [-0.2, -0.15) is 5.10 Å². The molecule has 1 N–H and O–H groups in total. The van der Waals surface area contributed by atoms with E-state index in [0.29, 0.717) is 5.95 Å². The van der Waals surface area contributed by atoms with Crippen LogP contribution in [0.1, 0.15) is 12.5 Å². The minimum Gasteiger partial charge on any atom is -0.351 e. The zero-order chi connectivity index (χ0) is 18.5. The summed E-state index contributed by atoms with van der Waals surface area (Å²) in [5.41, 5.74) is 3.98. The van der Waals surface area contributed by atoms with E-state index in [9.17, 15) is 0 Å². The fraction of sp³-hybridized carbons (Fsp3) is 0.143. The Balaban J connectivity index is 1.49. The standard InChI is InChI=1S/C21H20N6/c1-16(12-17-6-5-10-22-13-17)25-21-23-11-9-20(26-21)18-14-24-27(15-18)19-7-3-2-4-8-19/h2-11,13-16H,12H2,1H3,(H,23,25,26)/t16-/m0/s1. The SMILES string of the molecule is C[C@@H](Cc1cccnc1)Nc1nccc(-c2cnn(-c3ccccc3)c2)n1. The number of pyridine rings is 1. The lowest BCUT2D eigenvalue weighted by Gasteiger charge is -2.13. The lowest BCUT2D eigenvalue weighted by Crippen LogP contribution is -2.19. The second-order valence-electron chi connectivity index (χ2n) is 6.39. The fourth-order valence-corrected chi connectivity index (χ4v) is 2.91. The van der Waals surface area contributed by atoms with Crippen LogP contribution in [0.5, 0.6) is 0 Å². The first-order valence-electron chi connectivity index (χ1n) is 8.87. The van der Waals surface area contributed by atoms with Gasteiger partial charge in [-0.05, 0) is 43.2 Å². The number of hydrogen-bond donors (Lipinski definition) is 1. The van der Waals surface area contributed by atoms with Gasteiger partial charge in [-0.25, -0.2) is 14.6 Å². The maximum atomic E-state index is 4.64. The fourth-order valence-electron chi connectivity index (χ4n) is 2.91. The molecule has 0 bridgehead atoms. The quantitative estimate of drug-likeness (QED) is 0.569. The van der Waals surface area contributed by atoms with Gasteiger partial charge in [0, 0.05) is 36.4 Å². The van der Waals surface area contributed by atoms with Crippen molar-refractivity contribution in [2.24, 2.45) is 0 Å². The minimum absolute atomic E-state index is 0.191. The predicted octanol–water partition coefficient (Wildman–Crippen LogP) is 3.77. The maximum Gasteiger partial charge on any atom is 0.223 e. The van der Waals surface area contributed by atoms with E-state index < -0.39 is 0 Å². The Morgan fingerprint density at radius 2 is 1.89 bits per heavy atom. The molecule has 0 fully saturated rings. The molecule has 1 atom stereocenters. The number of nitrogens with one attached hydrogen (secondary N) is 1. The second-order valence-corrected chi connectivity index (χ2v) is 6.39. The highest BCUT2D eigenvalue weighted by molar-refractivity contribution is 5.58. The van der Waals surface area contributed by atoms with Gasteiger partial charge >= 0.3 is 0 Å². The number of nitrogens with zero attached hydrogens (tertiary/aromatic N) is 5. The van der Waals surface area contributed by atoms with Crippen LogP contribution in [-0.2, 0) is 6.42 Å². The summed E-state index contributed by atoms with van der Waals surface area (Å²) in [5, 5.41) is 7.80. The number of aromatic nitrogens is 5. The van der Waals surface area contributed by atoms with Crippen molar-refractivity contribution in [1.29, 1.82) is 0 Å². The van der Waals surface area contributed by atoms with Crippen molar-refractivity contribution in [1.82, 2.24) is 24.7 Å². The van der Waals surface area contributed by atoms with Crippen LogP contribution in [-0.4, -0.2) is 30.8 Å². The Labute approximate surface area is 158 Å². The van der Waals surface area contributed by atoms with Crippen molar-refractivity contribution < 1.29 is 0 Å². The molecular weight excluding hydrogens is 336 g/mol. The molecule has 134 valence electrons. The average molecular weight is 356 g/mol. The van der Waals surface area contributed by atoms with E-state index in [0.717, 1.165) is 23.4 Å². The second kappa shape index (κ2) is 7.78. The Hall–Kier alpha value is -3.54. The molecule has 0 aliphatic carbocycles. The Kier molecular flexibility index (Phi) is 4.87. The first-order valence-corrected chi connectivity index (χ1v) is 8.87. The summed E-state index contributed by atoms with van der Waals surface area (Å²) < 4.78 is 1.84. The lowest BCUT2D eigenvalue weighted by atomic mass is 10.1. The van der Waals surface area contributed by atoms with Crippen molar-refractivity contribution in [3.63, 3.8) is 0 Å². The summed E-state index contributed by atoms with van der Waals surface area (Å²) in [5.74, 6) is 0.608. The monoisotopic (exact) mass is 356 g/mol. The third-order valence-electron chi connectivity index (χ3n) is 4.19. The van der Waals surface area contributed by atoms with Crippen LogP contribution in [0.4, 0.5) is 5.95 Å². The summed E-state index contributed by atoms with van der Waals surface area (Å²) in [6, 6.07) is 16.1. The highest BCUT2D eigenvalue weighted by Gasteiger charge is 2.09. The van der Waals surface area contributed by atoms with Gasteiger partial charge in [0.25, 0.3) is 0 Å². The third-order valence-corrected chi connectivity index (χ3v) is 4.19. The van der Waals surface area contributed by atoms with E-state index in [-0.39, 0.29) is 6.04 Å². The summed E-state index contributed by atoms with van der Waals surface area (Å²) in [6.45, 7) is 2.11. The van der Waals surface area contributed by atoms with Crippen LogP contribution in [0, 0.1) is 0 Å². The van der Waals surface area contributed by atoms with Crippen molar-refractivity contribution >= 4 is 5.95 Å². The predicted molar refractivity (Wildman–Crippen MR) is 106 cm³/mol. The van der Waals surface area contributed by atoms with Crippen molar-refractivity contribution in [3.05, 3.63) is 85.1 Å². The van der Waals surface area contributed by atoms with Crippen LogP contribution < -0.4 is 5.32 Å². The first-order chi connectivity index (χ1) is 13.3. The molecule has 0 amide bonds. The Bertz CT molecular complexity index is 997. The van der Waals surface area contributed by atoms with E-state index in [1.165, 1.54) is 5.56 Å².